The molecule has 0 bridgehead atoms. The number of carbonyl (C=O) groups is 1. The van der Waals surface area contributed by atoms with Gasteiger partial charge in [0.2, 0.25) is 5.91 Å². The SMILES string of the molecule is C=C(S)NCC(=O)N1CC(C)(F)C/C1=C\S(=O)(=O)F. The van der Waals surface area contributed by atoms with Gasteiger partial charge in [0.25, 0.3) is 0 Å². The molecule has 1 atom stereocenters. The second kappa shape index (κ2) is 5.49. The lowest BCUT2D eigenvalue weighted by molar-refractivity contribution is -0.128. The molecule has 1 N–H and O–H groups in total. The highest BCUT2D eigenvalue weighted by atomic mass is 32.3. The molecule has 1 fully saturated rings. The average molecular weight is 312 g/mol. The van der Waals surface area contributed by atoms with Crippen molar-refractivity contribution in [1.29, 1.82) is 0 Å². The standard InChI is InChI=1S/C10H14F2N2O3S2/c1-7(18)13-4-9(15)14-6-10(2,11)3-8(14)5-19(12,16)17/h5,13,18H,1,3-4,6H2,2H3/b8-5+. The van der Waals surface area contributed by atoms with E-state index in [4.69, 9.17) is 0 Å². The van der Waals surface area contributed by atoms with Gasteiger partial charge in [0.1, 0.15) is 5.67 Å². The lowest BCUT2D eigenvalue weighted by Gasteiger charge is -2.18. The Hall–Kier alpha value is -1.09. The first-order valence-electron chi connectivity index (χ1n) is 5.26. The normalized spacial score (nSPS) is 25.7. The topological polar surface area (TPSA) is 66.5 Å². The van der Waals surface area contributed by atoms with Crippen molar-refractivity contribution in [3.8, 4) is 0 Å². The van der Waals surface area contributed by atoms with Crippen LogP contribution in [0.25, 0.3) is 0 Å². The van der Waals surface area contributed by atoms with Crippen molar-refractivity contribution in [2.75, 3.05) is 13.1 Å². The Balaban J connectivity index is 2.93. The number of nitrogens with zero attached hydrogens (tertiary/aromatic N) is 1. The van der Waals surface area contributed by atoms with E-state index in [1.54, 1.807) is 0 Å². The molecule has 0 aromatic carbocycles. The minimum Gasteiger partial charge on any atom is -0.372 e. The van der Waals surface area contributed by atoms with E-state index in [2.05, 4.69) is 24.5 Å². The van der Waals surface area contributed by atoms with E-state index in [0.29, 0.717) is 0 Å². The predicted octanol–water partition coefficient (Wildman–Crippen LogP) is 1.08. The monoisotopic (exact) mass is 312 g/mol. The van der Waals surface area contributed by atoms with Gasteiger partial charge in [-0.25, -0.2) is 4.39 Å². The van der Waals surface area contributed by atoms with Gasteiger partial charge in [-0.05, 0) is 6.92 Å². The van der Waals surface area contributed by atoms with Crippen LogP contribution in [0, 0.1) is 0 Å². The van der Waals surface area contributed by atoms with Gasteiger partial charge in [-0.3, -0.25) is 4.79 Å². The van der Waals surface area contributed by atoms with E-state index >= 15 is 0 Å². The van der Waals surface area contributed by atoms with Crippen molar-refractivity contribution in [3.05, 3.63) is 22.7 Å². The lowest BCUT2D eigenvalue weighted by Crippen LogP contribution is -2.37. The molecule has 0 spiro atoms. The Morgan fingerprint density at radius 3 is 2.74 bits per heavy atom. The summed E-state index contributed by atoms with van der Waals surface area (Å²) in [5.74, 6) is -0.591. The third-order valence-corrected chi connectivity index (χ3v) is 3.12. The van der Waals surface area contributed by atoms with E-state index in [1.807, 2.05) is 0 Å². The molecule has 9 heteroatoms. The molecule has 1 aliphatic heterocycles. The van der Waals surface area contributed by atoms with Gasteiger partial charge in [0.15, 0.2) is 0 Å². The third-order valence-electron chi connectivity index (χ3n) is 2.41. The Kier molecular flexibility index (Phi) is 4.62. The molecule has 1 saturated heterocycles. The van der Waals surface area contributed by atoms with E-state index < -0.39 is 21.8 Å². The van der Waals surface area contributed by atoms with Crippen LogP contribution in [-0.4, -0.2) is 38.0 Å². The molecule has 1 heterocycles. The number of hydrogen-bond acceptors (Lipinski definition) is 5. The summed E-state index contributed by atoms with van der Waals surface area (Å²) in [6, 6.07) is 0. The maximum absolute atomic E-state index is 13.8. The molecule has 0 aliphatic carbocycles. The molecular weight excluding hydrogens is 298 g/mol. The number of carbonyl (C=O) groups excluding carboxylic acids is 1. The fraction of sp³-hybridized carbons (Fsp3) is 0.500. The zero-order valence-electron chi connectivity index (χ0n) is 10.2. The fourth-order valence-electron chi connectivity index (χ4n) is 1.75. The van der Waals surface area contributed by atoms with Gasteiger partial charge in [0.05, 0.1) is 23.5 Å². The molecule has 0 saturated carbocycles. The number of rotatable bonds is 4. The second-order valence-electron chi connectivity index (χ2n) is 4.46. The zero-order chi connectivity index (χ0) is 14.8. The van der Waals surface area contributed by atoms with E-state index in [9.17, 15) is 21.5 Å². The van der Waals surface area contributed by atoms with Crippen LogP contribution in [0.4, 0.5) is 8.28 Å². The van der Waals surface area contributed by atoms with Crippen LogP contribution in [0.5, 0.6) is 0 Å². The molecule has 0 radical (unpaired) electrons. The maximum atomic E-state index is 13.8. The van der Waals surface area contributed by atoms with E-state index in [1.165, 1.54) is 6.92 Å². The summed E-state index contributed by atoms with van der Waals surface area (Å²) in [5, 5.41) is 3.02. The fourth-order valence-corrected chi connectivity index (χ4v) is 2.36. The molecule has 19 heavy (non-hydrogen) atoms. The lowest BCUT2D eigenvalue weighted by atomic mass is 10.1. The first-order chi connectivity index (χ1) is 8.50. The van der Waals surface area contributed by atoms with Gasteiger partial charge in [-0.2, -0.15) is 8.42 Å². The molecule has 1 aliphatic rings. The Morgan fingerprint density at radius 2 is 2.26 bits per heavy atom. The maximum Gasteiger partial charge on any atom is 0.326 e. The summed E-state index contributed by atoms with van der Waals surface area (Å²) in [7, 11) is -4.93. The van der Waals surface area contributed by atoms with Crippen molar-refractivity contribution in [1.82, 2.24) is 10.2 Å². The van der Waals surface area contributed by atoms with E-state index in [-0.39, 0.29) is 35.6 Å². The minimum atomic E-state index is -4.93. The van der Waals surface area contributed by atoms with Crippen LogP contribution in [0.1, 0.15) is 13.3 Å². The largest absolute Gasteiger partial charge is 0.372 e. The Bertz CT molecular complexity index is 529. The molecule has 0 aromatic rings. The van der Waals surface area contributed by atoms with Crippen molar-refractivity contribution in [2.24, 2.45) is 0 Å². The molecule has 1 amide bonds. The van der Waals surface area contributed by atoms with Gasteiger partial charge in [-0.1, -0.05) is 6.58 Å². The van der Waals surface area contributed by atoms with Crippen molar-refractivity contribution >= 4 is 28.8 Å². The number of halogens is 2. The smallest absolute Gasteiger partial charge is 0.326 e. The first kappa shape index (κ1) is 16.0. The summed E-state index contributed by atoms with van der Waals surface area (Å²) < 4.78 is 47.7. The summed E-state index contributed by atoms with van der Waals surface area (Å²) in [5.41, 5.74) is -1.99. The summed E-state index contributed by atoms with van der Waals surface area (Å²) in [6.45, 7) is 4.05. The van der Waals surface area contributed by atoms with Crippen LogP contribution >= 0.6 is 12.6 Å². The number of hydrogen-bond donors (Lipinski definition) is 2. The first-order valence-corrected chi connectivity index (χ1v) is 7.16. The summed E-state index contributed by atoms with van der Waals surface area (Å²) in [6.07, 6.45) is -0.344. The number of amides is 1. The Morgan fingerprint density at radius 1 is 1.68 bits per heavy atom. The van der Waals surface area contributed by atoms with Gasteiger partial charge >= 0.3 is 10.2 Å². The highest BCUT2D eigenvalue weighted by molar-refractivity contribution is 7.89. The van der Waals surface area contributed by atoms with Gasteiger partial charge in [0, 0.05) is 12.1 Å². The molecule has 1 unspecified atom stereocenters. The Labute approximate surface area is 116 Å². The molecule has 5 nitrogen and oxygen atoms in total. The van der Waals surface area contributed by atoms with Crippen molar-refractivity contribution in [2.45, 2.75) is 19.0 Å². The molecular formula is C10H14F2N2O3S2. The van der Waals surface area contributed by atoms with Crippen molar-refractivity contribution < 1.29 is 21.5 Å². The van der Waals surface area contributed by atoms with Crippen molar-refractivity contribution in [3.63, 3.8) is 0 Å². The van der Waals surface area contributed by atoms with E-state index in [0.717, 1.165) is 4.90 Å². The van der Waals surface area contributed by atoms with Crippen LogP contribution in [0.3, 0.4) is 0 Å². The zero-order valence-corrected chi connectivity index (χ0v) is 11.9. The third kappa shape index (κ3) is 5.19. The number of alkyl halides is 1. The number of nitrogens with one attached hydrogen (secondary N) is 1. The number of allylic oxidation sites excluding steroid dienone is 1. The highest BCUT2D eigenvalue weighted by Gasteiger charge is 2.40. The average Bonchev–Trinajstić information content (AvgIpc) is 2.47. The molecule has 108 valence electrons. The summed E-state index contributed by atoms with van der Waals surface area (Å²) >= 11 is 3.82. The van der Waals surface area contributed by atoms with Crippen LogP contribution < -0.4 is 5.32 Å². The van der Waals surface area contributed by atoms with Gasteiger partial charge in [-0.15, -0.1) is 16.5 Å². The number of likely N-dealkylation sites (tertiary alicyclic amines) is 1. The quantitative estimate of drug-likeness (QED) is 0.602. The molecule has 1 rings (SSSR count). The van der Waals surface area contributed by atoms with Crippen LogP contribution in [-0.2, 0) is 15.0 Å². The minimum absolute atomic E-state index is 0.205. The molecule has 0 aromatic heterocycles. The van der Waals surface area contributed by atoms with Crippen LogP contribution in [0.15, 0.2) is 22.7 Å². The highest BCUT2D eigenvalue weighted by Crippen LogP contribution is 2.33. The number of thiol groups is 1. The summed E-state index contributed by atoms with van der Waals surface area (Å²) in [4.78, 5) is 12.7. The van der Waals surface area contributed by atoms with Crippen LogP contribution in [0.2, 0.25) is 0 Å². The van der Waals surface area contributed by atoms with Gasteiger partial charge < -0.3 is 10.2 Å². The predicted molar refractivity (Wildman–Crippen MR) is 70.1 cm³/mol. The second-order valence-corrected chi connectivity index (χ2v) is 6.18.